The van der Waals surface area contributed by atoms with Gasteiger partial charge in [0.15, 0.2) is 5.16 Å². The molecular formula is C16H25ClN4OS. The molecule has 1 amide bonds. The van der Waals surface area contributed by atoms with Gasteiger partial charge in [-0.2, -0.15) is 0 Å². The average molecular weight is 357 g/mol. The van der Waals surface area contributed by atoms with E-state index in [4.69, 9.17) is 11.6 Å². The summed E-state index contributed by atoms with van der Waals surface area (Å²) >= 11 is 7.45. The number of aromatic nitrogens is 2. The van der Waals surface area contributed by atoms with Crippen LogP contribution in [0.4, 0.5) is 5.82 Å². The molecule has 0 aliphatic carbocycles. The lowest BCUT2D eigenvalue weighted by molar-refractivity contribution is -0.118. The number of nitrogens with one attached hydrogen (secondary N) is 1. The van der Waals surface area contributed by atoms with E-state index in [2.05, 4.69) is 34.0 Å². The van der Waals surface area contributed by atoms with E-state index in [0.29, 0.717) is 28.5 Å². The van der Waals surface area contributed by atoms with Crippen molar-refractivity contribution in [3.05, 3.63) is 11.2 Å². The monoisotopic (exact) mass is 356 g/mol. The summed E-state index contributed by atoms with van der Waals surface area (Å²) in [5.41, 5.74) is 0. The highest BCUT2D eigenvalue weighted by Gasteiger charge is 2.15. The third-order valence-electron chi connectivity index (χ3n) is 3.72. The molecule has 23 heavy (non-hydrogen) atoms. The largest absolute Gasteiger partial charge is 0.356 e. The first kappa shape index (κ1) is 18.3. The zero-order chi connectivity index (χ0) is 16.7. The standard InChI is InChI=1S/C16H25ClN4OS/c1-12(2)6-7-18-15(22)11-23-16-19-13(17)10-14(20-16)21-8-4-3-5-9-21/h10,12H,3-9,11H2,1-2H3,(H,18,22). The van der Waals surface area contributed by atoms with Gasteiger partial charge in [-0.05, 0) is 31.6 Å². The lowest BCUT2D eigenvalue weighted by Gasteiger charge is -2.27. The summed E-state index contributed by atoms with van der Waals surface area (Å²) in [4.78, 5) is 22.8. The average Bonchev–Trinajstić information content (AvgIpc) is 2.53. The summed E-state index contributed by atoms with van der Waals surface area (Å²) in [5.74, 6) is 1.79. The van der Waals surface area contributed by atoms with E-state index >= 15 is 0 Å². The Hall–Kier alpha value is -1.01. The first-order chi connectivity index (χ1) is 11.0. The summed E-state index contributed by atoms with van der Waals surface area (Å²) in [7, 11) is 0. The molecule has 1 fully saturated rings. The highest BCUT2D eigenvalue weighted by Crippen LogP contribution is 2.24. The molecule has 7 heteroatoms. The van der Waals surface area contributed by atoms with Crippen molar-refractivity contribution in [2.75, 3.05) is 30.3 Å². The number of carbonyl (C=O) groups excluding carboxylic acids is 1. The van der Waals surface area contributed by atoms with Crippen LogP contribution in [0.3, 0.4) is 0 Å². The van der Waals surface area contributed by atoms with Crippen LogP contribution in [0, 0.1) is 5.92 Å². The number of hydrogen-bond acceptors (Lipinski definition) is 5. The minimum absolute atomic E-state index is 0.0127. The van der Waals surface area contributed by atoms with Gasteiger partial charge in [-0.25, -0.2) is 9.97 Å². The van der Waals surface area contributed by atoms with Gasteiger partial charge in [0.1, 0.15) is 11.0 Å². The summed E-state index contributed by atoms with van der Waals surface area (Å²) in [6, 6.07) is 1.81. The van der Waals surface area contributed by atoms with Crippen molar-refractivity contribution in [2.24, 2.45) is 5.92 Å². The van der Waals surface area contributed by atoms with Gasteiger partial charge in [0.05, 0.1) is 5.75 Å². The Balaban J connectivity index is 1.87. The number of amides is 1. The van der Waals surface area contributed by atoms with Crippen molar-refractivity contribution in [1.29, 1.82) is 0 Å². The van der Waals surface area contributed by atoms with Crippen molar-refractivity contribution < 1.29 is 4.79 Å². The number of hydrogen-bond donors (Lipinski definition) is 1. The van der Waals surface area contributed by atoms with E-state index < -0.39 is 0 Å². The lowest BCUT2D eigenvalue weighted by atomic mass is 10.1. The molecule has 1 aliphatic heterocycles. The van der Waals surface area contributed by atoms with Crippen LogP contribution in [0.1, 0.15) is 39.5 Å². The molecule has 2 rings (SSSR count). The number of thioether (sulfide) groups is 1. The first-order valence-corrected chi connectivity index (χ1v) is 9.60. The van der Waals surface area contributed by atoms with E-state index in [1.807, 2.05) is 0 Å². The van der Waals surface area contributed by atoms with Gasteiger partial charge < -0.3 is 10.2 Å². The maximum atomic E-state index is 11.8. The molecule has 1 saturated heterocycles. The molecular weight excluding hydrogens is 332 g/mol. The molecule has 0 aromatic carbocycles. The number of carbonyl (C=O) groups is 1. The fraction of sp³-hybridized carbons (Fsp3) is 0.688. The minimum Gasteiger partial charge on any atom is -0.356 e. The maximum Gasteiger partial charge on any atom is 0.230 e. The zero-order valence-corrected chi connectivity index (χ0v) is 15.4. The number of halogens is 1. The van der Waals surface area contributed by atoms with Gasteiger partial charge in [0.25, 0.3) is 0 Å². The van der Waals surface area contributed by atoms with E-state index in [0.717, 1.165) is 25.3 Å². The van der Waals surface area contributed by atoms with Gasteiger partial charge in [0.2, 0.25) is 5.91 Å². The van der Waals surface area contributed by atoms with Crippen LogP contribution in [0.25, 0.3) is 0 Å². The topological polar surface area (TPSA) is 58.1 Å². The van der Waals surface area contributed by atoms with Crippen molar-refractivity contribution in [3.8, 4) is 0 Å². The molecule has 0 atom stereocenters. The molecule has 0 unspecified atom stereocenters. The van der Waals surface area contributed by atoms with Crippen LogP contribution in [0.2, 0.25) is 5.15 Å². The van der Waals surface area contributed by atoms with Crippen molar-refractivity contribution in [2.45, 2.75) is 44.7 Å². The molecule has 128 valence electrons. The summed E-state index contributed by atoms with van der Waals surface area (Å²) < 4.78 is 0. The number of piperidine rings is 1. The second-order valence-electron chi connectivity index (χ2n) is 6.20. The number of rotatable bonds is 7. The maximum absolute atomic E-state index is 11.8. The summed E-state index contributed by atoms with van der Waals surface area (Å²) in [5, 5.41) is 3.92. The third kappa shape index (κ3) is 6.55. The smallest absolute Gasteiger partial charge is 0.230 e. The van der Waals surface area contributed by atoms with E-state index in [1.54, 1.807) is 6.07 Å². The van der Waals surface area contributed by atoms with Crippen LogP contribution in [-0.4, -0.2) is 41.3 Å². The predicted molar refractivity (Wildman–Crippen MR) is 96.3 cm³/mol. The Bertz CT molecular complexity index is 521. The molecule has 2 heterocycles. The zero-order valence-electron chi connectivity index (χ0n) is 13.8. The second kappa shape index (κ2) is 9.33. The van der Waals surface area contributed by atoms with Crippen LogP contribution >= 0.6 is 23.4 Å². The Labute approximate surface area is 147 Å². The molecule has 0 saturated carbocycles. The summed E-state index contributed by atoms with van der Waals surface area (Å²) in [6.07, 6.45) is 4.63. The van der Waals surface area contributed by atoms with Gasteiger partial charge in [-0.1, -0.05) is 37.2 Å². The van der Waals surface area contributed by atoms with Gasteiger partial charge in [-0.3, -0.25) is 4.79 Å². The molecule has 1 aromatic heterocycles. The molecule has 1 aliphatic rings. The SMILES string of the molecule is CC(C)CCNC(=O)CSc1nc(Cl)cc(N2CCCCC2)n1. The lowest BCUT2D eigenvalue weighted by Crippen LogP contribution is -2.30. The number of nitrogens with zero attached hydrogens (tertiary/aromatic N) is 3. The fourth-order valence-electron chi connectivity index (χ4n) is 2.42. The molecule has 1 aromatic rings. The third-order valence-corrected chi connectivity index (χ3v) is 4.76. The molecule has 5 nitrogen and oxygen atoms in total. The highest BCUT2D eigenvalue weighted by atomic mass is 35.5. The Morgan fingerprint density at radius 1 is 1.35 bits per heavy atom. The molecule has 0 spiro atoms. The predicted octanol–water partition coefficient (Wildman–Crippen LogP) is 3.37. The Kier molecular flexibility index (Phi) is 7.43. The summed E-state index contributed by atoms with van der Waals surface area (Å²) in [6.45, 7) is 7.01. The Morgan fingerprint density at radius 3 is 2.78 bits per heavy atom. The van der Waals surface area contributed by atoms with Crippen LogP contribution in [0.15, 0.2) is 11.2 Å². The molecule has 1 N–H and O–H groups in total. The number of anilines is 1. The Morgan fingerprint density at radius 2 is 2.09 bits per heavy atom. The van der Waals surface area contributed by atoms with Crippen molar-refractivity contribution in [1.82, 2.24) is 15.3 Å². The second-order valence-corrected chi connectivity index (χ2v) is 7.53. The molecule has 0 radical (unpaired) electrons. The van der Waals surface area contributed by atoms with Gasteiger partial charge in [-0.15, -0.1) is 0 Å². The quantitative estimate of drug-likeness (QED) is 0.461. The molecule has 0 bridgehead atoms. The van der Waals surface area contributed by atoms with Gasteiger partial charge in [0, 0.05) is 25.7 Å². The van der Waals surface area contributed by atoms with E-state index in [1.165, 1.54) is 31.0 Å². The normalized spacial score (nSPS) is 15.0. The van der Waals surface area contributed by atoms with E-state index in [-0.39, 0.29) is 5.91 Å². The van der Waals surface area contributed by atoms with Gasteiger partial charge >= 0.3 is 0 Å². The van der Waals surface area contributed by atoms with Crippen LogP contribution in [-0.2, 0) is 4.79 Å². The van der Waals surface area contributed by atoms with E-state index in [9.17, 15) is 4.79 Å². The highest BCUT2D eigenvalue weighted by molar-refractivity contribution is 7.99. The fourth-order valence-corrected chi connectivity index (χ4v) is 3.33. The van der Waals surface area contributed by atoms with Crippen LogP contribution < -0.4 is 10.2 Å². The van der Waals surface area contributed by atoms with Crippen molar-refractivity contribution in [3.63, 3.8) is 0 Å². The minimum atomic E-state index is 0.0127. The first-order valence-electron chi connectivity index (χ1n) is 8.23. The van der Waals surface area contributed by atoms with Crippen LogP contribution in [0.5, 0.6) is 0 Å². The van der Waals surface area contributed by atoms with Crippen molar-refractivity contribution >= 4 is 35.1 Å².